The molecule has 3 aliphatic heterocycles. The van der Waals surface area contributed by atoms with Crippen LogP contribution in [0.15, 0.2) is 23.3 Å². The number of Topliss-reactive ketones (excluding diaryl/α,β-unsaturated/α-hetero) is 1. The number of hydrogen-bond acceptors (Lipinski definition) is 11. The van der Waals surface area contributed by atoms with E-state index in [1.165, 1.54) is 5.57 Å². The van der Waals surface area contributed by atoms with E-state index in [2.05, 4.69) is 51.9 Å². The average molecular weight is 760 g/mol. The van der Waals surface area contributed by atoms with Gasteiger partial charge in [-0.3, -0.25) is 9.59 Å². The third-order valence-corrected chi connectivity index (χ3v) is 13.7. The zero-order valence-corrected chi connectivity index (χ0v) is 34.6. The Hall–Kier alpha value is -1.70. The largest absolute Gasteiger partial charge is 0.462 e. The van der Waals surface area contributed by atoms with E-state index in [1.807, 2.05) is 20.8 Å². The second kappa shape index (κ2) is 18.3. The lowest BCUT2D eigenvalue weighted by atomic mass is 9.67. The molecule has 0 bridgehead atoms. The van der Waals surface area contributed by atoms with Crippen LogP contribution in [0, 0.1) is 35.5 Å². The Balaban J connectivity index is 1.23. The van der Waals surface area contributed by atoms with Gasteiger partial charge in [-0.1, -0.05) is 31.6 Å². The molecular formula is C43H69NO10. The summed E-state index contributed by atoms with van der Waals surface area (Å²) in [7, 11) is 7.53. The zero-order chi connectivity index (χ0) is 38.8. The van der Waals surface area contributed by atoms with Gasteiger partial charge in [0.05, 0.1) is 30.8 Å². The van der Waals surface area contributed by atoms with Crippen molar-refractivity contribution in [1.29, 1.82) is 0 Å². The van der Waals surface area contributed by atoms with Gasteiger partial charge in [-0.05, 0) is 122 Å². The molecule has 4 fully saturated rings. The van der Waals surface area contributed by atoms with Crippen molar-refractivity contribution in [3.8, 4) is 0 Å². The number of allylic oxidation sites excluding steroid dienone is 4. The highest BCUT2D eigenvalue weighted by Gasteiger charge is 2.54. The summed E-state index contributed by atoms with van der Waals surface area (Å²) in [6.45, 7) is 12.9. The number of carbonyl (C=O) groups excluding carboxylic acids is 2. The van der Waals surface area contributed by atoms with Crippen LogP contribution < -0.4 is 0 Å². The van der Waals surface area contributed by atoms with Gasteiger partial charge in [0.15, 0.2) is 18.4 Å². The first-order valence-corrected chi connectivity index (χ1v) is 21.0. The molecule has 0 amide bonds. The third kappa shape index (κ3) is 8.74. The second-order valence-corrected chi connectivity index (χ2v) is 17.2. The number of hydrogen-bond donors (Lipinski definition) is 0. The van der Waals surface area contributed by atoms with E-state index in [-0.39, 0.29) is 96.8 Å². The van der Waals surface area contributed by atoms with Crippen molar-refractivity contribution in [2.45, 2.75) is 167 Å². The Kier molecular flexibility index (Phi) is 14.2. The number of cyclic esters (lactones) is 1. The normalized spacial score (nSPS) is 44.7. The van der Waals surface area contributed by atoms with Gasteiger partial charge < -0.3 is 42.8 Å². The van der Waals surface area contributed by atoms with Gasteiger partial charge in [-0.15, -0.1) is 0 Å². The Morgan fingerprint density at radius 1 is 0.833 bits per heavy atom. The zero-order valence-electron chi connectivity index (χ0n) is 34.6. The summed E-state index contributed by atoms with van der Waals surface area (Å²) >= 11 is 0. The van der Waals surface area contributed by atoms with Crippen molar-refractivity contribution in [3.05, 3.63) is 23.3 Å². The van der Waals surface area contributed by atoms with Gasteiger partial charge >= 0.3 is 5.97 Å². The molecular weight excluding hydrogens is 690 g/mol. The third-order valence-electron chi connectivity index (χ3n) is 13.7. The summed E-state index contributed by atoms with van der Waals surface area (Å²) in [5.41, 5.74) is 2.08. The Morgan fingerprint density at radius 2 is 1.59 bits per heavy atom. The fourth-order valence-electron chi connectivity index (χ4n) is 10.9. The minimum atomic E-state index is -0.597. The van der Waals surface area contributed by atoms with Crippen molar-refractivity contribution < 1.29 is 47.5 Å². The number of nitrogens with zero attached hydrogens (tertiary/aromatic N) is 1. The van der Waals surface area contributed by atoms with Crippen LogP contribution in [-0.4, -0.2) is 119 Å². The van der Waals surface area contributed by atoms with Crippen molar-refractivity contribution in [1.82, 2.24) is 4.90 Å². The predicted octanol–water partition coefficient (Wildman–Crippen LogP) is 6.27. The topological polar surface area (TPSA) is 111 Å². The Labute approximate surface area is 324 Å². The molecule has 54 heavy (non-hydrogen) atoms. The van der Waals surface area contributed by atoms with Crippen LogP contribution in [0.25, 0.3) is 0 Å². The highest BCUT2D eigenvalue weighted by Crippen LogP contribution is 2.56. The van der Waals surface area contributed by atoms with Crippen LogP contribution in [-0.2, 0) is 47.5 Å². The summed E-state index contributed by atoms with van der Waals surface area (Å²) in [6, 6.07) is 0.337. The van der Waals surface area contributed by atoms with E-state index in [1.54, 1.807) is 14.2 Å². The average Bonchev–Trinajstić information content (AvgIpc) is 3.71. The van der Waals surface area contributed by atoms with Crippen LogP contribution in [0.5, 0.6) is 0 Å². The van der Waals surface area contributed by atoms with E-state index in [9.17, 15) is 9.59 Å². The minimum Gasteiger partial charge on any atom is -0.462 e. The molecule has 6 aliphatic rings. The SMILES string of the molecule is CCOC1C(OC)C(C)OC(OC2CC3C(C)=CC4C5CC(=O)OC(CC)CCCC(OC6CCC(N(C)C)C(C)O6)C(C)C(=O)C5=CC4C3C2)C1OC. The number of methoxy groups -OCH3 is 2. The highest BCUT2D eigenvalue weighted by molar-refractivity contribution is 5.99. The number of carbonyl (C=O) groups is 2. The van der Waals surface area contributed by atoms with E-state index in [0.717, 1.165) is 50.5 Å². The monoisotopic (exact) mass is 759 g/mol. The molecule has 1 saturated carbocycles. The standard InChI is InChI=1S/C43H69NO10/c1-11-27-14-13-15-36(54-38-17-16-35(44(7)8)25(5)50-38)24(4)39(46)34-21-32-30(33(34)22-37(45)52-27)18-23(3)29-19-28(20-31(29)32)53-43-42(48-10)41(49-12-2)40(47-9)26(6)51-43/h18,21,24-33,35-36,38,40-43H,11-17,19-20,22H2,1-10H3. The lowest BCUT2D eigenvalue weighted by Crippen LogP contribution is -2.60. The lowest BCUT2D eigenvalue weighted by molar-refractivity contribution is -0.317. The van der Waals surface area contributed by atoms with Gasteiger partial charge in [0.1, 0.15) is 24.4 Å². The fraction of sp³-hybridized carbons (Fsp3) is 0.860. The number of ketones is 1. The summed E-state index contributed by atoms with van der Waals surface area (Å²) in [6.07, 6.45) is 8.61. The van der Waals surface area contributed by atoms with Crippen LogP contribution >= 0.6 is 0 Å². The van der Waals surface area contributed by atoms with E-state index in [0.29, 0.717) is 25.0 Å². The van der Waals surface area contributed by atoms with Crippen LogP contribution in [0.1, 0.15) is 99.3 Å². The summed E-state index contributed by atoms with van der Waals surface area (Å²) in [5.74, 6) is 0.00892. The maximum atomic E-state index is 14.8. The van der Waals surface area contributed by atoms with Crippen molar-refractivity contribution in [2.75, 3.05) is 34.9 Å². The van der Waals surface area contributed by atoms with Crippen molar-refractivity contribution in [2.24, 2.45) is 35.5 Å². The first-order valence-electron chi connectivity index (χ1n) is 21.0. The van der Waals surface area contributed by atoms with Gasteiger partial charge in [0.2, 0.25) is 0 Å². The number of likely N-dealkylation sites (N-methyl/N-ethyl adjacent to an activating group) is 1. The van der Waals surface area contributed by atoms with Crippen LogP contribution in [0.2, 0.25) is 0 Å². The van der Waals surface area contributed by atoms with Gasteiger partial charge in [0, 0.05) is 38.7 Å². The number of rotatable bonds is 10. The highest BCUT2D eigenvalue weighted by atomic mass is 16.7. The first kappa shape index (κ1) is 41.9. The van der Waals surface area contributed by atoms with Gasteiger partial charge in [0.25, 0.3) is 0 Å². The predicted molar refractivity (Wildman–Crippen MR) is 203 cm³/mol. The molecule has 3 saturated heterocycles. The molecule has 11 heteroatoms. The summed E-state index contributed by atoms with van der Waals surface area (Å²) in [5, 5.41) is 0. The maximum absolute atomic E-state index is 14.8. The van der Waals surface area contributed by atoms with E-state index in [4.69, 9.17) is 37.9 Å². The number of fused-ring (bicyclic) bond motifs is 5. The molecule has 3 heterocycles. The summed E-state index contributed by atoms with van der Waals surface area (Å²) in [4.78, 5) is 30.6. The molecule has 0 N–H and O–H groups in total. The van der Waals surface area contributed by atoms with E-state index >= 15 is 0 Å². The van der Waals surface area contributed by atoms with Crippen LogP contribution in [0.4, 0.5) is 0 Å². The molecule has 0 aromatic rings. The molecule has 0 radical (unpaired) electrons. The Morgan fingerprint density at radius 3 is 2.26 bits per heavy atom. The lowest BCUT2D eigenvalue weighted by Gasteiger charge is -2.44. The van der Waals surface area contributed by atoms with Gasteiger partial charge in [-0.25, -0.2) is 0 Å². The quantitative estimate of drug-likeness (QED) is 0.186. The molecule has 17 atom stereocenters. The molecule has 0 spiro atoms. The molecule has 306 valence electrons. The first-order chi connectivity index (χ1) is 25.9. The maximum Gasteiger partial charge on any atom is 0.306 e. The molecule has 17 unspecified atom stereocenters. The Bertz CT molecular complexity index is 1350. The van der Waals surface area contributed by atoms with E-state index < -0.39 is 12.4 Å². The van der Waals surface area contributed by atoms with Crippen molar-refractivity contribution >= 4 is 11.8 Å². The summed E-state index contributed by atoms with van der Waals surface area (Å²) < 4.78 is 50.3. The minimum absolute atomic E-state index is 0.0361. The molecule has 11 nitrogen and oxygen atoms in total. The number of esters is 1. The number of ether oxygens (including phenoxy) is 8. The molecule has 0 aromatic heterocycles. The van der Waals surface area contributed by atoms with Crippen molar-refractivity contribution in [3.63, 3.8) is 0 Å². The van der Waals surface area contributed by atoms with Crippen LogP contribution in [0.3, 0.4) is 0 Å². The molecule has 6 rings (SSSR count). The molecule has 0 aromatic carbocycles. The smallest absolute Gasteiger partial charge is 0.306 e. The van der Waals surface area contributed by atoms with Gasteiger partial charge in [-0.2, -0.15) is 0 Å². The fourth-order valence-corrected chi connectivity index (χ4v) is 10.9. The molecule has 3 aliphatic carbocycles. The second-order valence-electron chi connectivity index (χ2n) is 17.2.